The molecule has 25 heavy (non-hydrogen) atoms. The molecule has 0 unspecified atom stereocenters. The Bertz CT molecular complexity index is 657. The molecule has 1 aromatic rings. The number of methoxy groups -OCH3 is 3. The van der Waals surface area contributed by atoms with E-state index in [1.54, 1.807) is 21.3 Å². The first-order chi connectivity index (χ1) is 11.8. The maximum atomic E-state index is 12.9. The van der Waals surface area contributed by atoms with Gasteiger partial charge in [0.1, 0.15) is 11.5 Å². The second-order valence-electron chi connectivity index (χ2n) is 8.14. The van der Waals surface area contributed by atoms with Crippen LogP contribution in [0, 0.1) is 16.7 Å². The molecule has 5 heteroatoms. The van der Waals surface area contributed by atoms with E-state index in [0.29, 0.717) is 12.3 Å². The summed E-state index contributed by atoms with van der Waals surface area (Å²) in [5, 5.41) is 0. The van der Waals surface area contributed by atoms with Crippen LogP contribution in [0.3, 0.4) is 0 Å². The first-order valence-electron chi connectivity index (χ1n) is 8.83. The van der Waals surface area contributed by atoms with Crippen LogP contribution in [-0.2, 0) is 16.0 Å². The number of benzene rings is 1. The van der Waals surface area contributed by atoms with Crippen molar-refractivity contribution < 1.29 is 19.0 Å². The third-order valence-electron chi connectivity index (χ3n) is 6.01. The van der Waals surface area contributed by atoms with Crippen LogP contribution in [0.5, 0.6) is 11.5 Å². The lowest BCUT2D eigenvalue weighted by Gasteiger charge is -2.56. The Balaban J connectivity index is 1.75. The Kier molecular flexibility index (Phi) is 4.71. The fourth-order valence-corrected chi connectivity index (χ4v) is 5.09. The number of ether oxygens (including phenoxy) is 3. The Morgan fingerprint density at radius 3 is 2.60 bits per heavy atom. The highest BCUT2D eigenvalue weighted by Gasteiger charge is 2.63. The molecule has 1 saturated carbocycles. The summed E-state index contributed by atoms with van der Waals surface area (Å²) in [5.41, 5.74) is 1.28. The summed E-state index contributed by atoms with van der Waals surface area (Å²) in [5.74, 6) is 2.12. The normalized spacial score (nSPS) is 26.8. The van der Waals surface area contributed by atoms with Crippen LogP contribution in [0.1, 0.15) is 25.8 Å². The molecular weight excluding hydrogens is 318 g/mol. The summed E-state index contributed by atoms with van der Waals surface area (Å²) >= 11 is 0. The zero-order valence-electron chi connectivity index (χ0n) is 15.9. The number of nitrogens with zero attached hydrogens (tertiary/aromatic N) is 1. The minimum Gasteiger partial charge on any atom is -0.497 e. The topological polar surface area (TPSA) is 48.0 Å². The lowest BCUT2D eigenvalue weighted by Crippen LogP contribution is -2.55. The summed E-state index contributed by atoms with van der Waals surface area (Å²) in [6, 6.07) is 5.58. The minimum absolute atomic E-state index is 0.131. The Morgan fingerprint density at radius 2 is 2.00 bits per heavy atom. The van der Waals surface area contributed by atoms with Crippen LogP contribution < -0.4 is 9.47 Å². The van der Waals surface area contributed by atoms with Gasteiger partial charge in [0.15, 0.2) is 0 Å². The molecule has 0 radical (unpaired) electrons. The first-order valence-corrected chi connectivity index (χ1v) is 8.83. The maximum absolute atomic E-state index is 12.9. The predicted octanol–water partition coefficient (Wildman–Crippen LogP) is 2.77. The number of hydrogen-bond donors (Lipinski definition) is 0. The largest absolute Gasteiger partial charge is 0.497 e. The van der Waals surface area contributed by atoms with E-state index in [0.717, 1.165) is 43.2 Å². The monoisotopic (exact) mass is 347 g/mol. The molecule has 2 atom stereocenters. The van der Waals surface area contributed by atoms with Crippen LogP contribution in [0.15, 0.2) is 18.2 Å². The van der Waals surface area contributed by atoms with Gasteiger partial charge >= 0.3 is 0 Å². The van der Waals surface area contributed by atoms with Crippen LogP contribution in [0.25, 0.3) is 0 Å². The van der Waals surface area contributed by atoms with E-state index in [1.165, 1.54) is 0 Å². The van der Waals surface area contributed by atoms with E-state index in [9.17, 15) is 4.79 Å². The summed E-state index contributed by atoms with van der Waals surface area (Å²) in [6.45, 7) is 6.93. The van der Waals surface area contributed by atoms with E-state index < -0.39 is 0 Å². The molecule has 138 valence electrons. The van der Waals surface area contributed by atoms with E-state index >= 15 is 0 Å². The number of fused-ring (bicyclic) bond motifs is 1. The lowest BCUT2D eigenvalue weighted by atomic mass is 9.48. The standard InChI is InChI=1S/C20H29NO4/c1-19(2)11-20(13-23-3)12-21(10-17(19)20)18(22)9-14-8-15(24-4)6-7-16(14)25-5/h6-8,17H,9-13H2,1-5H3/t17-,20-/m1/s1. The van der Waals surface area contributed by atoms with Crippen molar-refractivity contribution in [2.24, 2.45) is 16.7 Å². The van der Waals surface area contributed by atoms with Crippen molar-refractivity contribution in [2.75, 3.05) is 41.0 Å². The number of hydrogen-bond acceptors (Lipinski definition) is 4. The van der Waals surface area contributed by atoms with Gasteiger partial charge < -0.3 is 19.1 Å². The molecule has 1 heterocycles. The van der Waals surface area contributed by atoms with E-state index in [2.05, 4.69) is 13.8 Å². The first kappa shape index (κ1) is 18.1. The quantitative estimate of drug-likeness (QED) is 0.794. The van der Waals surface area contributed by atoms with Gasteiger partial charge in [0, 0.05) is 31.2 Å². The van der Waals surface area contributed by atoms with Gasteiger partial charge in [-0.15, -0.1) is 0 Å². The van der Waals surface area contributed by atoms with Crippen molar-refractivity contribution in [1.82, 2.24) is 4.90 Å². The molecule has 3 rings (SSSR count). The summed E-state index contributed by atoms with van der Waals surface area (Å²) in [7, 11) is 5.01. The highest BCUT2D eigenvalue weighted by molar-refractivity contribution is 5.80. The summed E-state index contributed by atoms with van der Waals surface area (Å²) < 4.78 is 16.2. The van der Waals surface area contributed by atoms with Gasteiger partial charge in [0.25, 0.3) is 0 Å². The predicted molar refractivity (Wildman–Crippen MR) is 96.0 cm³/mol. The Morgan fingerprint density at radius 1 is 1.24 bits per heavy atom. The van der Waals surface area contributed by atoms with Crippen LogP contribution in [0.4, 0.5) is 0 Å². The Hall–Kier alpha value is -1.75. The number of carbonyl (C=O) groups excluding carboxylic acids is 1. The summed E-state index contributed by atoms with van der Waals surface area (Å²) in [4.78, 5) is 15.0. The molecule has 1 aliphatic carbocycles. The Labute approximate surface area is 150 Å². The highest BCUT2D eigenvalue weighted by Crippen LogP contribution is 2.62. The summed E-state index contributed by atoms with van der Waals surface area (Å²) in [6.07, 6.45) is 1.45. The molecule has 5 nitrogen and oxygen atoms in total. The molecule has 1 amide bonds. The SMILES string of the molecule is COC[C@@]12CN(C(=O)Cc3cc(OC)ccc3OC)C[C@@H]1C(C)(C)C2. The molecule has 2 fully saturated rings. The molecule has 1 aliphatic heterocycles. The number of amides is 1. The molecule has 1 aromatic carbocycles. The van der Waals surface area contributed by atoms with Gasteiger partial charge in [0.05, 0.1) is 27.2 Å². The van der Waals surface area contributed by atoms with Crippen LogP contribution >= 0.6 is 0 Å². The molecule has 1 saturated heterocycles. The second kappa shape index (κ2) is 6.52. The minimum atomic E-state index is 0.131. The maximum Gasteiger partial charge on any atom is 0.227 e. The molecule has 0 bridgehead atoms. The van der Waals surface area contributed by atoms with E-state index in [1.807, 2.05) is 23.1 Å². The number of rotatable bonds is 6. The zero-order chi connectivity index (χ0) is 18.2. The van der Waals surface area contributed by atoms with Crippen molar-refractivity contribution in [3.8, 4) is 11.5 Å². The van der Waals surface area contributed by atoms with Crippen molar-refractivity contribution in [3.05, 3.63) is 23.8 Å². The fourth-order valence-electron chi connectivity index (χ4n) is 5.09. The number of carbonyl (C=O) groups is 1. The molecule has 0 aromatic heterocycles. The lowest BCUT2D eigenvalue weighted by molar-refractivity contribution is -0.130. The second-order valence-corrected chi connectivity index (χ2v) is 8.14. The van der Waals surface area contributed by atoms with Gasteiger partial charge in [-0.1, -0.05) is 13.8 Å². The molecule has 2 aliphatic rings. The smallest absolute Gasteiger partial charge is 0.227 e. The third kappa shape index (κ3) is 3.10. The van der Waals surface area contributed by atoms with E-state index in [-0.39, 0.29) is 16.7 Å². The van der Waals surface area contributed by atoms with Gasteiger partial charge in [-0.2, -0.15) is 0 Å². The zero-order valence-corrected chi connectivity index (χ0v) is 15.9. The average Bonchev–Trinajstić information content (AvgIpc) is 2.90. The van der Waals surface area contributed by atoms with Gasteiger partial charge in [0.2, 0.25) is 5.91 Å². The van der Waals surface area contributed by atoms with Crippen molar-refractivity contribution in [2.45, 2.75) is 26.7 Å². The molecule has 0 N–H and O–H groups in total. The van der Waals surface area contributed by atoms with Gasteiger partial charge in [-0.25, -0.2) is 0 Å². The van der Waals surface area contributed by atoms with Gasteiger partial charge in [-0.3, -0.25) is 4.79 Å². The fraction of sp³-hybridized carbons (Fsp3) is 0.650. The number of likely N-dealkylation sites (tertiary alicyclic amines) is 1. The van der Waals surface area contributed by atoms with Crippen molar-refractivity contribution in [1.29, 1.82) is 0 Å². The van der Waals surface area contributed by atoms with Crippen molar-refractivity contribution >= 4 is 5.91 Å². The van der Waals surface area contributed by atoms with Crippen molar-refractivity contribution in [3.63, 3.8) is 0 Å². The third-order valence-corrected chi connectivity index (χ3v) is 6.01. The average molecular weight is 347 g/mol. The highest BCUT2D eigenvalue weighted by atomic mass is 16.5. The van der Waals surface area contributed by atoms with E-state index in [4.69, 9.17) is 14.2 Å². The van der Waals surface area contributed by atoms with Crippen LogP contribution in [-0.4, -0.2) is 51.8 Å². The molecular formula is C20H29NO4. The molecule has 0 spiro atoms. The van der Waals surface area contributed by atoms with Crippen LogP contribution in [0.2, 0.25) is 0 Å². The van der Waals surface area contributed by atoms with Gasteiger partial charge in [-0.05, 0) is 36.0 Å².